The molecule has 2 fully saturated rings. The average molecular weight is 409 g/mol. The van der Waals surface area contributed by atoms with Gasteiger partial charge < -0.3 is 9.80 Å². The Hall–Kier alpha value is -2.06. The predicted molar refractivity (Wildman–Crippen MR) is 107 cm³/mol. The zero-order valence-electron chi connectivity index (χ0n) is 14.8. The SMILES string of the molecule is O=c1c(Cl)c(N2CCN(c3ccccc3)CC2)cnn1[C@H]1CCS(=O)(=O)C1. The van der Waals surface area contributed by atoms with E-state index in [2.05, 4.69) is 27.0 Å². The first-order valence-electron chi connectivity index (χ1n) is 8.97. The third-order valence-electron chi connectivity index (χ3n) is 5.22. The molecule has 0 unspecified atom stereocenters. The second kappa shape index (κ2) is 7.16. The highest BCUT2D eigenvalue weighted by Gasteiger charge is 2.31. The summed E-state index contributed by atoms with van der Waals surface area (Å²) < 4.78 is 24.6. The third-order valence-corrected chi connectivity index (χ3v) is 7.33. The van der Waals surface area contributed by atoms with E-state index in [0.29, 0.717) is 12.1 Å². The quantitative estimate of drug-likeness (QED) is 0.767. The number of hydrogen-bond acceptors (Lipinski definition) is 6. The molecule has 0 saturated carbocycles. The van der Waals surface area contributed by atoms with Crippen molar-refractivity contribution in [2.24, 2.45) is 0 Å². The Morgan fingerprint density at radius 1 is 1.04 bits per heavy atom. The van der Waals surface area contributed by atoms with Gasteiger partial charge in [-0.1, -0.05) is 29.8 Å². The molecular weight excluding hydrogens is 388 g/mol. The number of hydrogen-bond donors (Lipinski definition) is 0. The van der Waals surface area contributed by atoms with Crippen LogP contribution >= 0.6 is 11.6 Å². The summed E-state index contributed by atoms with van der Waals surface area (Å²) in [6.07, 6.45) is 1.99. The highest BCUT2D eigenvalue weighted by molar-refractivity contribution is 7.91. The molecule has 1 aromatic carbocycles. The standard InChI is InChI=1S/C18H21ClN4O3S/c19-17-16(12-20-23(18(17)24)15-6-11-27(25,26)13-15)22-9-7-21(8-10-22)14-4-2-1-3-5-14/h1-5,12,15H,6-11,13H2/t15-/m0/s1. The lowest BCUT2D eigenvalue weighted by Crippen LogP contribution is -2.47. The van der Waals surface area contributed by atoms with Gasteiger partial charge in [0.15, 0.2) is 9.84 Å². The summed E-state index contributed by atoms with van der Waals surface area (Å²) in [5.74, 6) is 0.0396. The van der Waals surface area contributed by atoms with Gasteiger partial charge in [-0.25, -0.2) is 13.1 Å². The van der Waals surface area contributed by atoms with Crippen LogP contribution in [0.2, 0.25) is 5.02 Å². The van der Waals surface area contributed by atoms with Crippen molar-refractivity contribution in [3.8, 4) is 0 Å². The number of aromatic nitrogens is 2. The fraction of sp³-hybridized carbons (Fsp3) is 0.444. The molecule has 7 nitrogen and oxygen atoms in total. The fourth-order valence-electron chi connectivity index (χ4n) is 3.73. The second-order valence-electron chi connectivity index (χ2n) is 6.96. The number of para-hydroxylation sites is 1. The van der Waals surface area contributed by atoms with E-state index in [1.807, 2.05) is 18.2 Å². The number of piperazine rings is 1. The van der Waals surface area contributed by atoms with Crippen molar-refractivity contribution in [2.45, 2.75) is 12.5 Å². The zero-order chi connectivity index (χ0) is 19.0. The van der Waals surface area contributed by atoms with E-state index in [4.69, 9.17) is 11.6 Å². The zero-order valence-corrected chi connectivity index (χ0v) is 16.4. The van der Waals surface area contributed by atoms with Crippen molar-refractivity contribution in [3.63, 3.8) is 0 Å². The topological polar surface area (TPSA) is 75.5 Å². The average Bonchev–Trinajstić information content (AvgIpc) is 3.04. The van der Waals surface area contributed by atoms with Crippen molar-refractivity contribution >= 4 is 32.8 Å². The van der Waals surface area contributed by atoms with Crippen LogP contribution in [0.15, 0.2) is 41.3 Å². The molecule has 9 heteroatoms. The number of halogens is 1. The van der Waals surface area contributed by atoms with Crippen LogP contribution in [0.3, 0.4) is 0 Å². The lowest BCUT2D eigenvalue weighted by atomic mass is 10.2. The Morgan fingerprint density at radius 3 is 2.33 bits per heavy atom. The molecule has 2 aromatic rings. The van der Waals surface area contributed by atoms with Crippen molar-refractivity contribution in [2.75, 3.05) is 47.5 Å². The van der Waals surface area contributed by atoms with E-state index in [0.717, 1.165) is 26.2 Å². The maximum absolute atomic E-state index is 12.7. The summed E-state index contributed by atoms with van der Waals surface area (Å²) >= 11 is 6.36. The number of nitrogens with zero attached hydrogens (tertiary/aromatic N) is 4. The van der Waals surface area contributed by atoms with E-state index < -0.39 is 21.4 Å². The van der Waals surface area contributed by atoms with E-state index in [1.165, 1.54) is 10.4 Å². The lowest BCUT2D eigenvalue weighted by Gasteiger charge is -2.37. The number of anilines is 2. The number of sulfone groups is 1. The molecule has 2 saturated heterocycles. The first-order chi connectivity index (χ1) is 12.9. The van der Waals surface area contributed by atoms with Gasteiger partial charge in [0.05, 0.1) is 29.4 Å². The molecule has 4 rings (SSSR count). The van der Waals surface area contributed by atoms with Gasteiger partial charge in [-0.05, 0) is 18.6 Å². The van der Waals surface area contributed by atoms with E-state index >= 15 is 0 Å². The highest BCUT2D eigenvalue weighted by atomic mass is 35.5. The van der Waals surface area contributed by atoms with Crippen molar-refractivity contribution < 1.29 is 8.42 Å². The van der Waals surface area contributed by atoms with Gasteiger partial charge in [0.2, 0.25) is 0 Å². The van der Waals surface area contributed by atoms with Crippen LogP contribution in [-0.2, 0) is 9.84 Å². The van der Waals surface area contributed by atoms with E-state index in [1.54, 1.807) is 6.20 Å². The molecule has 0 aliphatic carbocycles. The van der Waals surface area contributed by atoms with Crippen molar-refractivity contribution in [3.05, 3.63) is 51.9 Å². The van der Waals surface area contributed by atoms with Crippen LogP contribution in [0, 0.1) is 0 Å². The molecule has 0 radical (unpaired) electrons. The molecule has 1 atom stereocenters. The Balaban J connectivity index is 1.51. The summed E-state index contributed by atoms with van der Waals surface area (Å²) in [7, 11) is -3.10. The lowest BCUT2D eigenvalue weighted by molar-refractivity contribution is 0.473. The maximum Gasteiger partial charge on any atom is 0.287 e. The van der Waals surface area contributed by atoms with Crippen molar-refractivity contribution in [1.82, 2.24) is 9.78 Å². The van der Waals surface area contributed by atoms with Gasteiger partial charge in [0.1, 0.15) is 5.02 Å². The molecule has 0 spiro atoms. The Kier molecular flexibility index (Phi) is 4.86. The molecule has 0 bridgehead atoms. The normalized spacial score (nSPS) is 22.2. The molecular formula is C18H21ClN4O3S. The van der Waals surface area contributed by atoms with Gasteiger partial charge in [0.25, 0.3) is 5.56 Å². The first-order valence-corrected chi connectivity index (χ1v) is 11.2. The van der Waals surface area contributed by atoms with Gasteiger partial charge in [-0.15, -0.1) is 0 Å². The van der Waals surface area contributed by atoms with Crippen molar-refractivity contribution in [1.29, 1.82) is 0 Å². The number of rotatable bonds is 3. The molecule has 1 aromatic heterocycles. The fourth-order valence-corrected chi connectivity index (χ4v) is 5.68. The largest absolute Gasteiger partial charge is 0.368 e. The highest BCUT2D eigenvalue weighted by Crippen LogP contribution is 2.27. The summed E-state index contributed by atoms with van der Waals surface area (Å²) in [5, 5.41) is 4.35. The molecule has 0 N–H and O–H groups in total. The monoisotopic (exact) mass is 408 g/mol. The van der Waals surface area contributed by atoms with Crippen LogP contribution in [0.1, 0.15) is 12.5 Å². The minimum atomic E-state index is -3.10. The Labute approximate surface area is 163 Å². The Morgan fingerprint density at radius 2 is 1.70 bits per heavy atom. The maximum atomic E-state index is 12.7. The molecule has 2 aliphatic heterocycles. The van der Waals surface area contributed by atoms with Crippen LogP contribution in [0.25, 0.3) is 0 Å². The van der Waals surface area contributed by atoms with Crippen LogP contribution in [0.4, 0.5) is 11.4 Å². The summed E-state index contributed by atoms with van der Waals surface area (Å²) in [4.78, 5) is 17.0. The smallest absolute Gasteiger partial charge is 0.287 e. The minimum Gasteiger partial charge on any atom is -0.368 e. The van der Waals surface area contributed by atoms with Crippen LogP contribution < -0.4 is 15.4 Å². The van der Waals surface area contributed by atoms with Gasteiger partial charge in [-0.2, -0.15) is 5.10 Å². The Bertz CT molecular complexity index is 985. The molecule has 2 aliphatic rings. The van der Waals surface area contributed by atoms with Crippen LogP contribution in [-0.4, -0.2) is 55.9 Å². The van der Waals surface area contributed by atoms with E-state index in [-0.39, 0.29) is 16.5 Å². The minimum absolute atomic E-state index is 0.0503. The molecule has 27 heavy (non-hydrogen) atoms. The molecule has 0 amide bonds. The van der Waals surface area contributed by atoms with Gasteiger partial charge >= 0.3 is 0 Å². The predicted octanol–water partition coefficient (Wildman–Crippen LogP) is 1.58. The van der Waals surface area contributed by atoms with E-state index in [9.17, 15) is 13.2 Å². The number of benzene rings is 1. The first kappa shape index (κ1) is 18.3. The van der Waals surface area contributed by atoms with Crippen LogP contribution in [0.5, 0.6) is 0 Å². The summed E-state index contributed by atoms with van der Waals surface area (Å²) in [6.45, 7) is 3.11. The third kappa shape index (κ3) is 3.68. The van der Waals surface area contributed by atoms with Gasteiger partial charge in [-0.3, -0.25) is 4.79 Å². The molecule has 144 valence electrons. The summed E-state index contributed by atoms with van der Waals surface area (Å²) in [5.41, 5.74) is 1.38. The second-order valence-corrected chi connectivity index (χ2v) is 9.57. The summed E-state index contributed by atoms with van der Waals surface area (Å²) in [6, 6.07) is 9.78. The van der Waals surface area contributed by atoms with Gasteiger partial charge in [0, 0.05) is 31.9 Å². The molecule has 3 heterocycles.